The van der Waals surface area contributed by atoms with Crippen LogP contribution >= 0.6 is 0 Å². The summed E-state index contributed by atoms with van der Waals surface area (Å²) in [5, 5.41) is 0. The van der Waals surface area contributed by atoms with Crippen LogP contribution in [0.1, 0.15) is 94.5 Å². The summed E-state index contributed by atoms with van der Waals surface area (Å²) in [7, 11) is 0. The summed E-state index contributed by atoms with van der Waals surface area (Å²) >= 11 is 0. The van der Waals surface area contributed by atoms with Gasteiger partial charge in [0, 0.05) is 22.2 Å². The smallest absolute Gasteiger partial charge is 0.0725 e. The van der Waals surface area contributed by atoms with E-state index in [0.717, 1.165) is 0 Å². The second kappa shape index (κ2) is 14.5. The van der Waals surface area contributed by atoms with Gasteiger partial charge < -0.3 is 9.80 Å². The van der Waals surface area contributed by atoms with Crippen molar-refractivity contribution in [2.75, 3.05) is 9.80 Å². The van der Waals surface area contributed by atoms with E-state index in [1.165, 1.54) is 171 Å². The molecule has 0 saturated carbocycles. The number of fused-ring (bicyclic) bond motifs is 16. The highest BCUT2D eigenvalue weighted by atomic mass is 15.2. The van der Waals surface area contributed by atoms with Crippen LogP contribution in [0.5, 0.6) is 0 Å². The Morgan fingerprint density at radius 1 is 0.274 bits per heavy atom. The molecular weight excluding hydrogens is 881 g/mol. The van der Waals surface area contributed by atoms with Crippen LogP contribution in [0.3, 0.4) is 0 Å². The first kappa shape index (κ1) is 41.4. The number of nitrogens with zero attached hydrogens (tertiary/aromatic N) is 2. The zero-order valence-corrected chi connectivity index (χ0v) is 41.9. The lowest BCUT2D eigenvalue weighted by Crippen LogP contribution is -2.30. The van der Waals surface area contributed by atoms with Crippen LogP contribution in [0.15, 0.2) is 206 Å². The summed E-state index contributed by atoms with van der Waals surface area (Å²) in [5.41, 5.74) is 33.5. The van der Waals surface area contributed by atoms with Gasteiger partial charge in [-0.25, -0.2) is 0 Å². The molecule has 2 heteroatoms. The van der Waals surface area contributed by atoms with Gasteiger partial charge in [0.25, 0.3) is 0 Å². The number of para-hydroxylation sites is 2. The van der Waals surface area contributed by atoms with Gasteiger partial charge in [-0.2, -0.15) is 0 Å². The average Bonchev–Trinajstić information content (AvgIpc) is 3.92. The second-order valence-corrected chi connectivity index (χ2v) is 22.7. The van der Waals surface area contributed by atoms with Crippen LogP contribution in [0.4, 0.5) is 34.1 Å². The lowest BCUT2D eigenvalue weighted by molar-refractivity contribution is 0.632. The highest BCUT2D eigenvalue weighted by Gasteiger charge is 2.52. The van der Waals surface area contributed by atoms with Crippen molar-refractivity contribution in [1.29, 1.82) is 0 Å². The third-order valence-electron chi connectivity index (χ3n) is 18.4. The van der Waals surface area contributed by atoms with Crippen molar-refractivity contribution in [3.05, 3.63) is 273 Å². The Labute approximate surface area is 428 Å². The summed E-state index contributed by atoms with van der Waals surface area (Å²) in [4.78, 5) is 5.11. The summed E-state index contributed by atoms with van der Waals surface area (Å²) in [6.07, 6.45) is 4.74. The van der Waals surface area contributed by atoms with Crippen LogP contribution in [0, 0.1) is 0 Å². The maximum atomic E-state index is 2.55. The van der Waals surface area contributed by atoms with E-state index < -0.39 is 5.41 Å². The molecule has 73 heavy (non-hydrogen) atoms. The van der Waals surface area contributed by atoms with Crippen LogP contribution in [0.25, 0.3) is 44.5 Å². The van der Waals surface area contributed by atoms with Gasteiger partial charge in [-0.15, -0.1) is 0 Å². The molecule has 1 spiro atoms. The van der Waals surface area contributed by atoms with E-state index in [4.69, 9.17) is 0 Å². The van der Waals surface area contributed by atoms with E-state index in [1.54, 1.807) is 0 Å². The number of hydrogen-bond acceptors (Lipinski definition) is 2. The Hall–Kier alpha value is -8.20. The third kappa shape index (κ3) is 5.43. The largest absolute Gasteiger partial charge is 0.310 e. The Bertz CT molecular complexity index is 3810. The zero-order chi connectivity index (χ0) is 48.5. The molecular formula is C71H54N2. The molecule has 0 N–H and O–H groups in total. The van der Waals surface area contributed by atoms with Crippen molar-refractivity contribution in [3.63, 3.8) is 0 Å². The number of benzene rings is 10. The molecule has 0 bridgehead atoms. The first-order valence-corrected chi connectivity index (χ1v) is 26.5. The van der Waals surface area contributed by atoms with Crippen LogP contribution in [-0.2, 0) is 41.9 Å². The first-order valence-electron chi connectivity index (χ1n) is 26.5. The van der Waals surface area contributed by atoms with Gasteiger partial charge in [-0.05, 0) is 198 Å². The molecule has 10 aromatic carbocycles. The highest BCUT2D eigenvalue weighted by Crippen LogP contribution is 2.65. The molecule has 0 unspecified atom stereocenters. The van der Waals surface area contributed by atoms with E-state index in [0.29, 0.717) is 0 Å². The molecule has 0 radical (unpaired) electrons. The van der Waals surface area contributed by atoms with Crippen molar-refractivity contribution in [2.24, 2.45) is 0 Å². The fourth-order valence-corrected chi connectivity index (χ4v) is 14.5. The maximum absolute atomic E-state index is 2.55. The van der Waals surface area contributed by atoms with E-state index in [-0.39, 0.29) is 10.8 Å². The monoisotopic (exact) mass is 934 g/mol. The second-order valence-electron chi connectivity index (χ2n) is 22.7. The average molecular weight is 935 g/mol. The summed E-state index contributed by atoms with van der Waals surface area (Å²) in [6.45, 7) is 9.64. The topological polar surface area (TPSA) is 6.48 Å². The standard InChI is InChI=1S/C71H54N2/c1-69(2)61-17-9-11-19-65(61)72(67-35-29-49(39-63(67)69)47-27-23-43-21-25-45(43)37-47)51-31-33-59-55(41-51)56-42-52(32-34-60(56)71(59)57-15-7-5-13-53(57)54-14-6-8-16-58(54)71)73-66-20-12-10-18-62(66)70(3,4)64-40-50(30-36-68(64)73)48-28-24-44-22-26-46(44)38-48/h5-20,23-24,27-42H,21-22,25-26H2,1-4H3. The minimum Gasteiger partial charge on any atom is -0.310 e. The molecule has 0 saturated heterocycles. The van der Waals surface area contributed by atoms with Crippen molar-refractivity contribution in [2.45, 2.75) is 69.6 Å². The quantitative estimate of drug-likeness (QED) is 0.173. The van der Waals surface area contributed by atoms with Gasteiger partial charge in [0.15, 0.2) is 0 Å². The SMILES string of the molecule is CC1(C)c2ccccc2N(c2ccc3c(c2)-c2cc(N4c5ccccc5C(C)(C)c5cc(-c6ccc7c(c6)CC7)ccc54)ccc2C32c3ccccc3-c3ccccc32)c2ccc(-c3ccc4c(c3)CC4)cc21. The molecule has 348 valence electrons. The number of aryl methyl sites for hydroxylation is 4. The molecule has 2 nitrogen and oxygen atoms in total. The van der Waals surface area contributed by atoms with Gasteiger partial charge in [-0.1, -0.05) is 173 Å². The molecule has 10 aromatic rings. The van der Waals surface area contributed by atoms with Crippen molar-refractivity contribution >= 4 is 34.1 Å². The van der Waals surface area contributed by atoms with Gasteiger partial charge in [0.2, 0.25) is 0 Å². The Balaban J connectivity index is 0.917. The van der Waals surface area contributed by atoms with E-state index >= 15 is 0 Å². The van der Waals surface area contributed by atoms with E-state index in [9.17, 15) is 0 Å². The van der Waals surface area contributed by atoms with Crippen molar-refractivity contribution in [3.8, 4) is 44.5 Å². The molecule has 0 fully saturated rings. The Kier molecular flexibility index (Phi) is 8.22. The van der Waals surface area contributed by atoms with Crippen LogP contribution in [0.2, 0.25) is 0 Å². The Morgan fingerprint density at radius 3 is 1.05 bits per heavy atom. The first-order chi connectivity index (χ1) is 35.7. The van der Waals surface area contributed by atoms with Crippen LogP contribution in [-0.4, -0.2) is 0 Å². The number of anilines is 6. The maximum Gasteiger partial charge on any atom is 0.0725 e. The minimum atomic E-state index is -0.480. The molecule has 6 aliphatic rings. The molecule has 0 amide bonds. The van der Waals surface area contributed by atoms with Crippen LogP contribution < -0.4 is 9.80 Å². The normalized spacial score (nSPS) is 16.5. The molecule has 16 rings (SSSR count). The lowest BCUT2D eigenvalue weighted by Gasteiger charge is -2.42. The van der Waals surface area contributed by atoms with Gasteiger partial charge in [-0.3, -0.25) is 0 Å². The predicted molar refractivity (Wildman–Crippen MR) is 302 cm³/mol. The summed E-state index contributed by atoms with van der Waals surface area (Å²) in [5.74, 6) is 0. The predicted octanol–water partition coefficient (Wildman–Crippen LogP) is 17.8. The molecule has 0 atom stereocenters. The highest BCUT2D eigenvalue weighted by molar-refractivity contribution is 5.99. The zero-order valence-electron chi connectivity index (χ0n) is 41.9. The Morgan fingerprint density at radius 2 is 0.630 bits per heavy atom. The minimum absolute atomic E-state index is 0.212. The third-order valence-corrected chi connectivity index (χ3v) is 18.4. The molecule has 4 aliphatic carbocycles. The van der Waals surface area contributed by atoms with Crippen molar-refractivity contribution in [1.82, 2.24) is 0 Å². The molecule has 0 aromatic heterocycles. The lowest BCUT2D eigenvalue weighted by atomic mass is 9.70. The van der Waals surface area contributed by atoms with E-state index in [2.05, 4.69) is 244 Å². The van der Waals surface area contributed by atoms with Gasteiger partial charge in [0.05, 0.1) is 28.2 Å². The fraction of sp³-hybridized carbons (Fsp3) is 0.155. The summed E-state index contributed by atoms with van der Waals surface area (Å²) < 4.78 is 0. The molecule has 2 aliphatic heterocycles. The van der Waals surface area contributed by atoms with Gasteiger partial charge in [0.1, 0.15) is 0 Å². The van der Waals surface area contributed by atoms with Gasteiger partial charge >= 0.3 is 0 Å². The molecule has 2 heterocycles. The summed E-state index contributed by atoms with van der Waals surface area (Å²) in [6, 6.07) is 80.1. The number of rotatable bonds is 4. The fourth-order valence-electron chi connectivity index (χ4n) is 14.5. The number of hydrogen-bond donors (Lipinski definition) is 0. The van der Waals surface area contributed by atoms with Crippen molar-refractivity contribution < 1.29 is 0 Å². The van der Waals surface area contributed by atoms with E-state index in [1.807, 2.05) is 0 Å².